The average Bonchev–Trinajstić information content (AvgIpc) is 2.47. The number of hydrogen-bond donors (Lipinski definition) is 1. The first-order valence-corrected chi connectivity index (χ1v) is 6.12. The summed E-state index contributed by atoms with van der Waals surface area (Å²) in [6.45, 7) is 0.990. The van der Waals surface area contributed by atoms with Crippen LogP contribution in [-0.4, -0.2) is 11.6 Å². The van der Waals surface area contributed by atoms with Crippen LogP contribution in [0, 0.1) is 11.3 Å². The highest BCUT2D eigenvalue weighted by atomic mass is 16.5. The van der Waals surface area contributed by atoms with Gasteiger partial charge in [-0.2, -0.15) is 5.26 Å². The molecule has 0 fully saturated rings. The van der Waals surface area contributed by atoms with E-state index in [-0.39, 0.29) is 11.1 Å². The summed E-state index contributed by atoms with van der Waals surface area (Å²) in [6.07, 6.45) is 0.613. The van der Waals surface area contributed by atoms with Crippen LogP contribution >= 0.6 is 0 Å². The van der Waals surface area contributed by atoms with Crippen LogP contribution in [0.4, 0.5) is 0 Å². The minimum atomic E-state index is -0.318. The second-order valence-corrected chi connectivity index (χ2v) is 4.44. The number of rotatable bonds is 1. The minimum Gasteiger partial charge on any atom is -0.376 e. The predicted molar refractivity (Wildman–Crippen MR) is 70.6 cm³/mol. The quantitative estimate of drug-likeness (QED) is 0.844. The first-order chi connectivity index (χ1) is 9.31. The summed E-state index contributed by atoms with van der Waals surface area (Å²) in [4.78, 5) is 14.8. The second-order valence-electron chi connectivity index (χ2n) is 4.44. The van der Waals surface area contributed by atoms with Gasteiger partial charge in [0.15, 0.2) is 0 Å². The standard InChI is InChI=1S/C15H12N2O2/c16-8-12-11-6-7-19-9-13(11)14(17-15(12)18)10-4-2-1-3-5-10/h1-5H,6-7,9H2,(H,17,18). The Morgan fingerprint density at radius 2 is 2.00 bits per heavy atom. The van der Waals surface area contributed by atoms with E-state index < -0.39 is 0 Å². The molecule has 1 aliphatic heterocycles. The average molecular weight is 252 g/mol. The Kier molecular flexibility index (Phi) is 2.90. The van der Waals surface area contributed by atoms with Crippen LogP contribution in [0.5, 0.6) is 0 Å². The molecule has 3 rings (SSSR count). The highest BCUT2D eigenvalue weighted by Gasteiger charge is 2.21. The van der Waals surface area contributed by atoms with Crippen molar-refractivity contribution in [2.45, 2.75) is 13.0 Å². The van der Waals surface area contributed by atoms with Gasteiger partial charge in [0.05, 0.1) is 18.9 Å². The van der Waals surface area contributed by atoms with Gasteiger partial charge in [0.2, 0.25) is 0 Å². The number of nitrogens with one attached hydrogen (secondary N) is 1. The number of ether oxygens (including phenoxy) is 1. The molecule has 2 aromatic rings. The Morgan fingerprint density at radius 1 is 1.21 bits per heavy atom. The zero-order valence-corrected chi connectivity index (χ0v) is 10.3. The van der Waals surface area contributed by atoms with E-state index >= 15 is 0 Å². The molecule has 0 aliphatic carbocycles. The van der Waals surface area contributed by atoms with Crippen LogP contribution in [0.1, 0.15) is 16.7 Å². The maximum absolute atomic E-state index is 12.0. The summed E-state index contributed by atoms with van der Waals surface area (Å²) in [5.41, 5.74) is 3.36. The third-order valence-corrected chi connectivity index (χ3v) is 3.35. The van der Waals surface area contributed by atoms with Gasteiger partial charge in [-0.1, -0.05) is 30.3 Å². The largest absolute Gasteiger partial charge is 0.376 e. The number of H-pyrrole nitrogens is 1. The van der Waals surface area contributed by atoms with Crippen LogP contribution in [0.3, 0.4) is 0 Å². The van der Waals surface area contributed by atoms with Crippen LogP contribution < -0.4 is 5.56 Å². The van der Waals surface area contributed by atoms with E-state index in [9.17, 15) is 4.79 Å². The Labute approximate surface area is 110 Å². The van der Waals surface area contributed by atoms with Gasteiger partial charge in [-0.05, 0) is 17.5 Å². The van der Waals surface area contributed by atoms with Gasteiger partial charge in [-0.15, -0.1) is 0 Å². The molecule has 1 aromatic heterocycles. The molecule has 2 heterocycles. The molecule has 0 spiro atoms. The number of benzene rings is 1. The minimum absolute atomic E-state index is 0.220. The number of pyridine rings is 1. The highest BCUT2D eigenvalue weighted by Crippen LogP contribution is 2.27. The van der Waals surface area contributed by atoms with Gasteiger partial charge < -0.3 is 9.72 Å². The molecule has 4 nitrogen and oxygen atoms in total. The fourth-order valence-corrected chi connectivity index (χ4v) is 2.44. The molecule has 19 heavy (non-hydrogen) atoms. The number of hydrogen-bond acceptors (Lipinski definition) is 3. The Morgan fingerprint density at radius 3 is 2.74 bits per heavy atom. The summed E-state index contributed by atoms with van der Waals surface area (Å²) in [7, 11) is 0. The summed E-state index contributed by atoms with van der Waals surface area (Å²) < 4.78 is 5.47. The predicted octanol–water partition coefficient (Wildman–Crippen LogP) is 1.99. The van der Waals surface area contributed by atoms with Crippen molar-refractivity contribution < 1.29 is 4.74 Å². The number of fused-ring (bicyclic) bond motifs is 1. The van der Waals surface area contributed by atoms with Crippen LogP contribution in [-0.2, 0) is 17.8 Å². The van der Waals surface area contributed by atoms with Crippen molar-refractivity contribution in [2.75, 3.05) is 6.61 Å². The molecule has 1 aliphatic rings. The zero-order chi connectivity index (χ0) is 13.2. The Balaban J connectivity index is 2.30. The fourth-order valence-electron chi connectivity index (χ4n) is 2.44. The molecule has 1 N–H and O–H groups in total. The lowest BCUT2D eigenvalue weighted by Gasteiger charge is -2.20. The molecule has 94 valence electrons. The fraction of sp³-hybridized carbons (Fsp3) is 0.200. The van der Waals surface area contributed by atoms with E-state index in [1.807, 2.05) is 36.4 Å². The zero-order valence-electron chi connectivity index (χ0n) is 10.3. The third kappa shape index (κ3) is 1.94. The molecular weight excluding hydrogens is 240 g/mol. The molecule has 0 atom stereocenters. The summed E-state index contributed by atoms with van der Waals surface area (Å²) in [5, 5.41) is 9.13. The first kappa shape index (κ1) is 11.7. The summed E-state index contributed by atoms with van der Waals surface area (Å²) >= 11 is 0. The van der Waals surface area contributed by atoms with Crippen LogP contribution in [0.25, 0.3) is 11.3 Å². The van der Waals surface area contributed by atoms with E-state index in [4.69, 9.17) is 10.00 Å². The van der Waals surface area contributed by atoms with Crippen molar-refractivity contribution in [2.24, 2.45) is 0 Å². The second kappa shape index (κ2) is 4.71. The third-order valence-electron chi connectivity index (χ3n) is 3.35. The molecule has 0 unspecified atom stereocenters. The Hall–Kier alpha value is -2.38. The van der Waals surface area contributed by atoms with Gasteiger partial charge in [0, 0.05) is 5.56 Å². The molecule has 0 radical (unpaired) electrons. The number of aromatic amines is 1. The van der Waals surface area contributed by atoms with Crippen LogP contribution in [0.2, 0.25) is 0 Å². The van der Waals surface area contributed by atoms with E-state index in [2.05, 4.69) is 4.98 Å². The molecular formula is C15H12N2O2. The molecule has 0 saturated carbocycles. The summed E-state index contributed by atoms with van der Waals surface area (Å²) in [5.74, 6) is 0. The van der Waals surface area contributed by atoms with Crippen molar-refractivity contribution in [3.8, 4) is 17.3 Å². The first-order valence-electron chi connectivity index (χ1n) is 6.12. The smallest absolute Gasteiger partial charge is 0.266 e. The molecule has 1 aromatic carbocycles. The van der Waals surface area contributed by atoms with Crippen molar-refractivity contribution in [3.05, 3.63) is 57.4 Å². The van der Waals surface area contributed by atoms with E-state index in [0.717, 1.165) is 22.4 Å². The van der Waals surface area contributed by atoms with Crippen molar-refractivity contribution >= 4 is 0 Å². The molecule has 0 saturated heterocycles. The summed E-state index contributed by atoms with van der Waals surface area (Å²) in [6, 6.07) is 11.6. The van der Waals surface area contributed by atoms with Crippen molar-refractivity contribution in [1.29, 1.82) is 5.26 Å². The maximum atomic E-state index is 12.0. The Bertz CT molecular complexity index is 711. The topological polar surface area (TPSA) is 65.9 Å². The van der Waals surface area contributed by atoms with Gasteiger partial charge in [-0.25, -0.2) is 0 Å². The lowest BCUT2D eigenvalue weighted by atomic mass is 9.95. The van der Waals surface area contributed by atoms with Gasteiger partial charge >= 0.3 is 0 Å². The van der Waals surface area contributed by atoms with Gasteiger partial charge in [0.25, 0.3) is 5.56 Å². The number of nitriles is 1. The molecule has 4 heteroatoms. The lowest BCUT2D eigenvalue weighted by molar-refractivity contribution is 0.110. The molecule has 0 bridgehead atoms. The van der Waals surface area contributed by atoms with Gasteiger partial charge in [0.1, 0.15) is 11.6 Å². The lowest BCUT2D eigenvalue weighted by Crippen LogP contribution is -2.22. The van der Waals surface area contributed by atoms with Gasteiger partial charge in [-0.3, -0.25) is 4.79 Å². The van der Waals surface area contributed by atoms with E-state index in [1.54, 1.807) is 0 Å². The number of aromatic nitrogens is 1. The van der Waals surface area contributed by atoms with E-state index in [0.29, 0.717) is 19.6 Å². The van der Waals surface area contributed by atoms with Crippen molar-refractivity contribution in [3.63, 3.8) is 0 Å². The normalized spacial score (nSPS) is 13.6. The van der Waals surface area contributed by atoms with E-state index in [1.165, 1.54) is 0 Å². The maximum Gasteiger partial charge on any atom is 0.266 e. The van der Waals surface area contributed by atoms with Crippen molar-refractivity contribution in [1.82, 2.24) is 4.98 Å². The van der Waals surface area contributed by atoms with Crippen LogP contribution in [0.15, 0.2) is 35.1 Å². The molecule has 0 amide bonds. The monoisotopic (exact) mass is 252 g/mol. The highest BCUT2D eigenvalue weighted by molar-refractivity contribution is 5.66. The SMILES string of the molecule is N#Cc1c2c(c(-c3ccccc3)[nH]c1=O)COCC2. The number of nitrogens with zero attached hydrogens (tertiary/aromatic N) is 1.